The van der Waals surface area contributed by atoms with E-state index >= 15 is 0 Å². The molecule has 3 rings (SSSR count). The van der Waals surface area contributed by atoms with Gasteiger partial charge in [0.15, 0.2) is 0 Å². The molecule has 1 aliphatic carbocycles. The van der Waals surface area contributed by atoms with Gasteiger partial charge in [0.2, 0.25) is 5.91 Å². The number of hydrogen-bond acceptors (Lipinski definition) is 2. The number of ether oxygens (including phenoxy) is 1. The summed E-state index contributed by atoms with van der Waals surface area (Å²) < 4.78 is 5.23. The van der Waals surface area contributed by atoms with Gasteiger partial charge in [0.05, 0.1) is 12.5 Å². The Labute approximate surface area is 78.0 Å². The predicted octanol–water partition coefficient (Wildman–Crippen LogP) is 0.501. The van der Waals surface area contributed by atoms with Crippen LogP contribution in [-0.4, -0.2) is 37.1 Å². The molecule has 0 aromatic carbocycles. The van der Waals surface area contributed by atoms with E-state index in [1.54, 1.807) is 0 Å². The number of rotatable bonds is 1. The molecule has 2 aliphatic heterocycles. The van der Waals surface area contributed by atoms with Crippen LogP contribution in [0.25, 0.3) is 0 Å². The summed E-state index contributed by atoms with van der Waals surface area (Å²) in [5.41, 5.74) is 0. The Balaban J connectivity index is 1.61. The number of hydrogen-bond donors (Lipinski definition) is 0. The van der Waals surface area contributed by atoms with Gasteiger partial charge in [-0.3, -0.25) is 4.79 Å². The fraction of sp³-hybridized carbons (Fsp3) is 0.900. The fourth-order valence-corrected chi connectivity index (χ4v) is 2.57. The smallest absolute Gasteiger partial charge is 0.228 e. The van der Waals surface area contributed by atoms with Crippen molar-refractivity contribution in [3.05, 3.63) is 0 Å². The molecular formula is C10H15NO2. The van der Waals surface area contributed by atoms with E-state index in [1.807, 2.05) is 0 Å². The standard InChI is InChI=1S/C10H15NO2/c12-10(7-1-2-13-6-7)11-4-8-3-9(8)5-11/h7-9H,1-6H2. The molecule has 1 amide bonds. The molecule has 2 heterocycles. The van der Waals surface area contributed by atoms with Crippen LogP contribution < -0.4 is 0 Å². The van der Waals surface area contributed by atoms with Crippen LogP contribution in [0.4, 0.5) is 0 Å². The Morgan fingerprint density at radius 2 is 2.08 bits per heavy atom. The lowest BCUT2D eigenvalue weighted by Gasteiger charge is -2.20. The molecule has 3 fully saturated rings. The van der Waals surface area contributed by atoms with Gasteiger partial charge in [-0.25, -0.2) is 0 Å². The largest absolute Gasteiger partial charge is 0.381 e. The van der Waals surface area contributed by atoms with Crippen LogP contribution in [0.2, 0.25) is 0 Å². The molecule has 2 saturated heterocycles. The summed E-state index contributed by atoms with van der Waals surface area (Å²) in [6, 6.07) is 0. The first-order valence-electron chi connectivity index (χ1n) is 5.21. The molecule has 3 nitrogen and oxygen atoms in total. The number of piperidine rings is 1. The molecule has 1 saturated carbocycles. The molecule has 0 N–H and O–H groups in total. The van der Waals surface area contributed by atoms with Crippen LogP contribution in [0.5, 0.6) is 0 Å². The number of likely N-dealkylation sites (tertiary alicyclic amines) is 1. The molecule has 3 atom stereocenters. The molecule has 3 heteroatoms. The zero-order chi connectivity index (χ0) is 8.84. The first kappa shape index (κ1) is 7.80. The SMILES string of the molecule is O=C(C1CCOC1)N1CC2CC2C1. The topological polar surface area (TPSA) is 29.5 Å². The average Bonchev–Trinajstić information content (AvgIpc) is 2.63. The van der Waals surface area contributed by atoms with Crippen LogP contribution >= 0.6 is 0 Å². The maximum Gasteiger partial charge on any atom is 0.228 e. The van der Waals surface area contributed by atoms with Gasteiger partial charge in [-0.05, 0) is 24.7 Å². The van der Waals surface area contributed by atoms with Crippen molar-refractivity contribution in [2.24, 2.45) is 17.8 Å². The third-order valence-corrected chi connectivity index (χ3v) is 3.57. The van der Waals surface area contributed by atoms with Crippen molar-refractivity contribution in [2.75, 3.05) is 26.3 Å². The zero-order valence-electron chi connectivity index (χ0n) is 7.74. The molecule has 0 radical (unpaired) electrons. The third-order valence-electron chi connectivity index (χ3n) is 3.57. The van der Waals surface area contributed by atoms with Crippen molar-refractivity contribution >= 4 is 5.91 Å². The number of amides is 1. The maximum absolute atomic E-state index is 11.9. The van der Waals surface area contributed by atoms with Crippen LogP contribution in [0.15, 0.2) is 0 Å². The molecule has 0 aromatic heterocycles. The highest BCUT2D eigenvalue weighted by Gasteiger charge is 2.47. The van der Waals surface area contributed by atoms with E-state index in [-0.39, 0.29) is 5.92 Å². The number of fused-ring (bicyclic) bond motifs is 1. The van der Waals surface area contributed by atoms with Crippen LogP contribution in [0.3, 0.4) is 0 Å². The number of carbonyl (C=O) groups is 1. The van der Waals surface area contributed by atoms with Crippen molar-refractivity contribution in [2.45, 2.75) is 12.8 Å². The first-order chi connectivity index (χ1) is 6.34. The third kappa shape index (κ3) is 1.26. The first-order valence-corrected chi connectivity index (χ1v) is 5.21. The van der Waals surface area contributed by atoms with E-state index in [9.17, 15) is 4.79 Å². The van der Waals surface area contributed by atoms with E-state index in [2.05, 4.69) is 4.90 Å². The number of nitrogens with zero attached hydrogens (tertiary/aromatic N) is 1. The maximum atomic E-state index is 11.9. The van der Waals surface area contributed by atoms with Crippen LogP contribution in [0.1, 0.15) is 12.8 Å². The van der Waals surface area contributed by atoms with E-state index in [1.165, 1.54) is 6.42 Å². The lowest BCUT2D eigenvalue weighted by atomic mass is 10.1. The molecule has 3 aliphatic rings. The van der Waals surface area contributed by atoms with Gasteiger partial charge in [-0.15, -0.1) is 0 Å². The summed E-state index contributed by atoms with van der Waals surface area (Å²) in [5, 5.41) is 0. The summed E-state index contributed by atoms with van der Waals surface area (Å²) in [6.45, 7) is 3.49. The Kier molecular flexibility index (Phi) is 1.62. The van der Waals surface area contributed by atoms with Gasteiger partial charge >= 0.3 is 0 Å². The van der Waals surface area contributed by atoms with Gasteiger partial charge in [-0.2, -0.15) is 0 Å². The fourth-order valence-electron chi connectivity index (χ4n) is 2.57. The van der Waals surface area contributed by atoms with E-state index in [0.29, 0.717) is 12.5 Å². The minimum Gasteiger partial charge on any atom is -0.381 e. The predicted molar refractivity (Wildman–Crippen MR) is 47.1 cm³/mol. The quantitative estimate of drug-likeness (QED) is 0.589. The lowest BCUT2D eigenvalue weighted by molar-refractivity contribution is -0.134. The van der Waals surface area contributed by atoms with E-state index < -0.39 is 0 Å². The van der Waals surface area contributed by atoms with Crippen molar-refractivity contribution < 1.29 is 9.53 Å². The Bertz CT molecular complexity index is 225. The van der Waals surface area contributed by atoms with Crippen molar-refractivity contribution in [1.82, 2.24) is 4.90 Å². The molecule has 13 heavy (non-hydrogen) atoms. The van der Waals surface area contributed by atoms with Crippen molar-refractivity contribution in [3.8, 4) is 0 Å². The summed E-state index contributed by atoms with van der Waals surface area (Å²) in [4.78, 5) is 13.9. The van der Waals surface area contributed by atoms with Gasteiger partial charge in [0.1, 0.15) is 0 Å². The molecular weight excluding hydrogens is 166 g/mol. The van der Waals surface area contributed by atoms with Gasteiger partial charge in [0, 0.05) is 19.7 Å². The second-order valence-electron chi connectivity index (χ2n) is 4.56. The second-order valence-corrected chi connectivity index (χ2v) is 4.56. The van der Waals surface area contributed by atoms with Gasteiger partial charge in [-0.1, -0.05) is 0 Å². The minimum atomic E-state index is 0.178. The van der Waals surface area contributed by atoms with Crippen LogP contribution in [0, 0.1) is 17.8 Å². The zero-order valence-corrected chi connectivity index (χ0v) is 7.74. The van der Waals surface area contributed by atoms with Crippen molar-refractivity contribution in [3.63, 3.8) is 0 Å². The summed E-state index contributed by atoms with van der Waals surface area (Å²) in [6.07, 6.45) is 2.30. The molecule has 0 aromatic rings. The highest BCUT2D eigenvalue weighted by molar-refractivity contribution is 5.79. The summed E-state index contributed by atoms with van der Waals surface area (Å²) >= 11 is 0. The van der Waals surface area contributed by atoms with Gasteiger partial charge < -0.3 is 9.64 Å². The monoisotopic (exact) mass is 181 g/mol. The van der Waals surface area contributed by atoms with E-state index in [4.69, 9.17) is 4.74 Å². The molecule has 0 bridgehead atoms. The van der Waals surface area contributed by atoms with Crippen molar-refractivity contribution in [1.29, 1.82) is 0 Å². The molecule has 3 unspecified atom stereocenters. The Morgan fingerprint density at radius 1 is 1.31 bits per heavy atom. The average molecular weight is 181 g/mol. The van der Waals surface area contributed by atoms with Crippen LogP contribution in [-0.2, 0) is 9.53 Å². The molecule has 72 valence electrons. The normalized spacial score (nSPS) is 42.2. The highest BCUT2D eigenvalue weighted by atomic mass is 16.5. The number of carbonyl (C=O) groups excluding carboxylic acids is 1. The summed E-state index contributed by atoms with van der Waals surface area (Å²) in [7, 11) is 0. The summed E-state index contributed by atoms with van der Waals surface area (Å²) in [5.74, 6) is 2.24. The van der Waals surface area contributed by atoms with Gasteiger partial charge in [0.25, 0.3) is 0 Å². The highest BCUT2D eigenvalue weighted by Crippen LogP contribution is 2.45. The lowest BCUT2D eigenvalue weighted by Crippen LogP contribution is -2.35. The second kappa shape index (κ2) is 2.71. The molecule has 0 spiro atoms. The Morgan fingerprint density at radius 3 is 2.69 bits per heavy atom. The minimum absolute atomic E-state index is 0.178. The Hall–Kier alpha value is -0.570. The van der Waals surface area contributed by atoms with E-state index in [0.717, 1.165) is 38.0 Å².